The number of carbonyl (C=O) groups excluding carboxylic acids is 1. The second-order valence-electron chi connectivity index (χ2n) is 3.91. The van der Waals surface area contributed by atoms with E-state index >= 15 is 0 Å². The van der Waals surface area contributed by atoms with Crippen LogP contribution in [0.25, 0.3) is 5.69 Å². The SMILES string of the molecule is CC(=O)c1ccc(Br)cc1-n1nc(C#N)cc1C. The van der Waals surface area contributed by atoms with Crippen molar-refractivity contribution >= 4 is 21.7 Å². The fourth-order valence-electron chi connectivity index (χ4n) is 1.75. The molecule has 2 aromatic rings. The molecule has 0 aliphatic carbocycles. The van der Waals surface area contributed by atoms with Crippen LogP contribution >= 0.6 is 15.9 Å². The average Bonchev–Trinajstić information content (AvgIpc) is 2.70. The van der Waals surface area contributed by atoms with Gasteiger partial charge in [0.1, 0.15) is 6.07 Å². The summed E-state index contributed by atoms with van der Waals surface area (Å²) in [7, 11) is 0. The molecular weight excluding hydrogens is 294 g/mol. The summed E-state index contributed by atoms with van der Waals surface area (Å²) in [6.45, 7) is 3.36. The van der Waals surface area contributed by atoms with Crippen LogP contribution in [-0.4, -0.2) is 15.6 Å². The summed E-state index contributed by atoms with van der Waals surface area (Å²) >= 11 is 3.37. The summed E-state index contributed by atoms with van der Waals surface area (Å²) < 4.78 is 2.47. The van der Waals surface area contributed by atoms with Gasteiger partial charge in [0.05, 0.1) is 5.69 Å². The number of rotatable bonds is 2. The monoisotopic (exact) mass is 303 g/mol. The Balaban J connectivity index is 2.69. The third kappa shape index (κ3) is 2.20. The van der Waals surface area contributed by atoms with Gasteiger partial charge in [-0.05, 0) is 38.1 Å². The summed E-state index contributed by atoms with van der Waals surface area (Å²) in [5, 5.41) is 13.0. The van der Waals surface area contributed by atoms with Gasteiger partial charge >= 0.3 is 0 Å². The quantitative estimate of drug-likeness (QED) is 0.801. The highest BCUT2D eigenvalue weighted by Crippen LogP contribution is 2.22. The minimum atomic E-state index is -0.0362. The van der Waals surface area contributed by atoms with Crippen LogP contribution in [0.5, 0.6) is 0 Å². The number of nitrogens with zero attached hydrogens (tertiary/aromatic N) is 3. The predicted molar refractivity (Wildman–Crippen MR) is 70.7 cm³/mol. The van der Waals surface area contributed by atoms with Gasteiger partial charge < -0.3 is 0 Å². The molecule has 5 heteroatoms. The number of carbonyl (C=O) groups is 1. The maximum absolute atomic E-state index is 11.6. The van der Waals surface area contributed by atoms with Crippen LogP contribution in [0.15, 0.2) is 28.7 Å². The van der Waals surface area contributed by atoms with Gasteiger partial charge in [-0.2, -0.15) is 10.4 Å². The zero-order valence-corrected chi connectivity index (χ0v) is 11.5. The van der Waals surface area contributed by atoms with Crippen molar-refractivity contribution in [3.8, 4) is 11.8 Å². The molecule has 0 unspecified atom stereocenters. The zero-order chi connectivity index (χ0) is 13.3. The van der Waals surface area contributed by atoms with Gasteiger partial charge in [0, 0.05) is 15.7 Å². The number of Topliss-reactive ketones (excluding diaryl/α,β-unsaturated/α-hetero) is 1. The molecule has 0 bridgehead atoms. The molecule has 0 amide bonds. The maximum Gasteiger partial charge on any atom is 0.163 e. The summed E-state index contributed by atoms with van der Waals surface area (Å²) in [5.41, 5.74) is 2.40. The molecule has 0 saturated carbocycles. The number of benzene rings is 1. The van der Waals surface area contributed by atoms with E-state index < -0.39 is 0 Å². The van der Waals surface area contributed by atoms with Crippen LogP contribution in [0.3, 0.4) is 0 Å². The number of ketones is 1. The predicted octanol–water partition coefficient (Wildman–Crippen LogP) is 3.02. The lowest BCUT2D eigenvalue weighted by Gasteiger charge is -2.09. The smallest absolute Gasteiger partial charge is 0.163 e. The summed E-state index contributed by atoms with van der Waals surface area (Å²) in [4.78, 5) is 11.6. The van der Waals surface area contributed by atoms with Gasteiger partial charge in [-0.15, -0.1) is 0 Å². The number of hydrogen-bond acceptors (Lipinski definition) is 3. The normalized spacial score (nSPS) is 10.1. The molecule has 2 rings (SSSR count). The third-order valence-electron chi connectivity index (χ3n) is 2.57. The van der Waals surface area contributed by atoms with Crippen molar-refractivity contribution in [1.29, 1.82) is 5.26 Å². The van der Waals surface area contributed by atoms with E-state index in [9.17, 15) is 4.79 Å². The van der Waals surface area contributed by atoms with E-state index in [-0.39, 0.29) is 5.78 Å². The van der Waals surface area contributed by atoms with Crippen LogP contribution in [0.1, 0.15) is 28.7 Å². The number of aromatic nitrogens is 2. The Hall–Kier alpha value is -1.93. The number of halogens is 1. The second kappa shape index (κ2) is 4.75. The van der Waals surface area contributed by atoms with Crippen LogP contribution in [0.2, 0.25) is 0 Å². The van der Waals surface area contributed by atoms with E-state index in [0.717, 1.165) is 10.2 Å². The minimum Gasteiger partial charge on any atom is -0.294 e. The van der Waals surface area contributed by atoms with Gasteiger partial charge in [-0.3, -0.25) is 4.79 Å². The van der Waals surface area contributed by atoms with Crippen molar-refractivity contribution in [3.63, 3.8) is 0 Å². The van der Waals surface area contributed by atoms with Crippen molar-refractivity contribution < 1.29 is 4.79 Å². The first-order valence-electron chi connectivity index (χ1n) is 5.30. The lowest BCUT2D eigenvalue weighted by Crippen LogP contribution is -2.06. The molecule has 4 nitrogen and oxygen atoms in total. The van der Waals surface area contributed by atoms with E-state index in [0.29, 0.717) is 16.9 Å². The van der Waals surface area contributed by atoms with E-state index in [2.05, 4.69) is 21.0 Å². The van der Waals surface area contributed by atoms with Gasteiger partial charge in [-0.1, -0.05) is 15.9 Å². The molecule has 0 radical (unpaired) electrons. The lowest BCUT2D eigenvalue weighted by atomic mass is 10.1. The van der Waals surface area contributed by atoms with Crippen LogP contribution in [0, 0.1) is 18.3 Å². The average molecular weight is 304 g/mol. The molecule has 1 heterocycles. The lowest BCUT2D eigenvalue weighted by molar-refractivity contribution is 0.101. The van der Waals surface area contributed by atoms with Crippen molar-refractivity contribution in [2.75, 3.05) is 0 Å². The second-order valence-corrected chi connectivity index (χ2v) is 4.83. The Morgan fingerprint density at radius 1 is 1.44 bits per heavy atom. The number of nitriles is 1. The molecule has 1 aromatic carbocycles. The van der Waals surface area contributed by atoms with Crippen LogP contribution < -0.4 is 0 Å². The Bertz CT molecular complexity index is 667. The summed E-state index contributed by atoms with van der Waals surface area (Å²) in [5.74, 6) is -0.0362. The Kier molecular flexibility index (Phi) is 3.30. The molecule has 0 atom stereocenters. The molecule has 0 saturated heterocycles. The van der Waals surface area contributed by atoms with Gasteiger partial charge in [0.15, 0.2) is 11.5 Å². The number of aryl methyl sites for hydroxylation is 1. The minimum absolute atomic E-state index is 0.0362. The van der Waals surface area contributed by atoms with E-state index in [1.165, 1.54) is 6.92 Å². The molecule has 0 fully saturated rings. The fraction of sp³-hybridized carbons (Fsp3) is 0.154. The Morgan fingerprint density at radius 2 is 2.17 bits per heavy atom. The molecule has 1 aromatic heterocycles. The molecule has 90 valence electrons. The van der Waals surface area contributed by atoms with E-state index in [1.54, 1.807) is 16.8 Å². The maximum atomic E-state index is 11.6. The van der Waals surface area contributed by atoms with Crippen LogP contribution in [0.4, 0.5) is 0 Å². The van der Waals surface area contributed by atoms with Crippen molar-refractivity contribution in [1.82, 2.24) is 9.78 Å². The highest BCUT2D eigenvalue weighted by Gasteiger charge is 2.13. The molecule has 0 aliphatic rings. The Morgan fingerprint density at radius 3 is 2.72 bits per heavy atom. The first-order chi connectivity index (χ1) is 8.52. The standard InChI is InChI=1S/C13H10BrN3O/c1-8-5-11(7-15)16-17(8)13-6-10(14)3-4-12(13)9(2)18/h3-6H,1-2H3. The zero-order valence-electron chi connectivity index (χ0n) is 9.94. The Labute approximate surface area is 113 Å². The highest BCUT2D eigenvalue weighted by molar-refractivity contribution is 9.10. The third-order valence-corrected chi connectivity index (χ3v) is 3.06. The molecule has 0 N–H and O–H groups in total. The van der Waals surface area contributed by atoms with Gasteiger partial charge in [0.25, 0.3) is 0 Å². The fourth-order valence-corrected chi connectivity index (χ4v) is 2.10. The van der Waals surface area contributed by atoms with Gasteiger partial charge in [0.2, 0.25) is 0 Å². The largest absolute Gasteiger partial charge is 0.294 e. The van der Waals surface area contributed by atoms with Crippen molar-refractivity contribution in [2.24, 2.45) is 0 Å². The van der Waals surface area contributed by atoms with Crippen molar-refractivity contribution in [2.45, 2.75) is 13.8 Å². The molecule has 0 aliphatic heterocycles. The highest BCUT2D eigenvalue weighted by atomic mass is 79.9. The summed E-state index contributed by atoms with van der Waals surface area (Å²) in [6.07, 6.45) is 0. The summed E-state index contributed by atoms with van der Waals surface area (Å²) in [6, 6.07) is 9.05. The number of hydrogen-bond donors (Lipinski definition) is 0. The molecular formula is C13H10BrN3O. The van der Waals surface area contributed by atoms with E-state index in [4.69, 9.17) is 5.26 Å². The van der Waals surface area contributed by atoms with Crippen LogP contribution in [-0.2, 0) is 0 Å². The van der Waals surface area contributed by atoms with Gasteiger partial charge in [-0.25, -0.2) is 4.68 Å². The molecule has 0 spiro atoms. The van der Waals surface area contributed by atoms with E-state index in [1.807, 2.05) is 25.1 Å². The molecule has 18 heavy (non-hydrogen) atoms. The first kappa shape index (κ1) is 12.5. The first-order valence-corrected chi connectivity index (χ1v) is 6.10. The van der Waals surface area contributed by atoms with Crippen molar-refractivity contribution in [3.05, 3.63) is 45.7 Å². The topological polar surface area (TPSA) is 58.7 Å².